The average Bonchev–Trinajstić information content (AvgIpc) is 2.68. The van der Waals surface area contributed by atoms with E-state index in [1.54, 1.807) is 0 Å². The van der Waals surface area contributed by atoms with Crippen molar-refractivity contribution in [2.45, 2.75) is 50.9 Å². The smallest absolute Gasteiger partial charge is 0.258 e. The first-order valence-corrected chi connectivity index (χ1v) is 10.5. The van der Waals surface area contributed by atoms with Gasteiger partial charge in [-0.25, -0.2) is 0 Å². The summed E-state index contributed by atoms with van der Waals surface area (Å²) in [6, 6.07) is 14.0. The van der Waals surface area contributed by atoms with Crippen molar-refractivity contribution in [3.8, 4) is 0 Å². The maximum atomic E-state index is 13.3. The van der Waals surface area contributed by atoms with E-state index < -0.39 is 0 Å². The van der Waals surface area contributed by atoms with Crippen molar-refractivity contribution < 1.29 is 4.79 Å². The fourth-order valence-corrected chi connectivity index (χ4v) is 6.49. The Morgan fingerprint density at radius 2 is 1.67 bits per heavy atom. The largest absolute Gasteiger partial charge is 0.309 e. The van der Waals surface area contributed by atoms with Gasteiger partial charge in [-0.15, -0.1) is 0 Å². The Balaban J connectivity index is 1.46. The number of hydrogen-bond acceptors (Lipinski definition) is 2. The Hall–Kier alpha value is -2.16. The van der Waals surface area contributed by atoms with Crippen LogP contribution < -0.4 is 4.90 Å². The first kappa shape index (κ1) is 17.0. The lowest BCUT2D eigenvalue weighted by Gasteiger charge is -2.56. The molecule has 3 heteroatoms. The fraction of sp³-hybridized carbons (Fsp3) is 0.500. The molecule has 2 aromatic rings. The molecule has 0 radical (unpaired) electrons. The molecule has 4 bridgehead atoms. The standard InChI is InChI=1S/C24H28N2O/c1-2-26(21-6-4-3-5-7-21)23(27)20-8-9-25-22(13-20)24-14-17-10-18(15-24)12-19(11-17)16-24/h3-9,13,17-19H,2,10-12,14-16H2,1H3. The zero-order valence-electron chi connectivity index (χ0n) is 16.1. The third-order valence-corrected chi connectivity index (χ3v) is 7.22. The second kappa shape index (κ2) is 6.47. The van der Waals surface area contributed by atoms with E-state index in [9.17, 15) is 4.79 Å². The van der Waals surface area contributed by atoms with Gasteiger partial charge in [0, 0.05) is 35.1 Å². The molecule has 1 aromatic carbocycles. The maximum Gasteiger partial charge on any atom is 0.258 e. The van der Waals surface area contributed by atoms with Gasteiger partial charge in [0.15, 0.2) is 0 Å². The molecule has 0 N–H and O–H groups in total. The number of hydrogen-bond donors (Lipinski definition) is 0. The Bertz CT molecular complexity index is 809. The number of para-hydroxylation sites is 1. The summed E-state index contributed by atoms with van der Waals surface area (Å²) in [7, 11) is 0. The predicted molar refractivity (Wildman–Crippen MR) is 108 cm³/mol. The zero-order valence-corrected chi connectivity index (χ0v) is 16.1. The van der Waals surface area contributed by atoms with Crippen molar-refractivity contribution in [2.24, 2.45) is 17.8 Å². The Labute approximate surface area is 161 Å². The predicted octanol–water partition coefficient (Wildman–Crippen LogP) is 5.22. The van der Waals surface area contributed by atoms with Gasteiger partial charge >= 0.3 is 0 Å². The number of carbonyl (C=O) groups excluding carboxylic acids is 1. The van der Waals surface area contributed by atoms with Crippen LogP contribution in [-0.4, -0.2) is 17.4 Å². The van der Waals surface area contributed by atoms with Crippen LogP contribution in [0.15, 0.2) is 48.7 Å². The molecule has 6 rings (SSSR count). The number of amides is 1. The molecule has 4 aliphatic carbocycles. The highest BCUT2D eigenvalue weighted by Gasteiger charge is 2.52. The van der Waals surface area contributed by atoms with Crippen molar-refractivity contribution in [1.82, 2.24) is 4.98 Å². The molecule has 140 valence electrons. The van der Waals surface area contributed by atoms with E-state index >= 15 is 0 Å². The van der Waals surface area contributed by atoms with Gasteiger partial charge in [0.25, 0.3) is 5.91 Å². The van der Waals surface area contributed by atoms with Crippen LogP contribution in [0.25, 0.3) is 0 Å². The van der Waals surface area contributed by atoms with Crippen LogP contribution >= 0.6 is 0 Å². The van der Waals surface area contributed by atoms with Crippen LogP contribution in [0.1, 0.15) is 61.5 Å². The second-order valence-electron chi connectivity index (χ2n) is 9.01. The molecule has 0 spiro atoms. The van der Waals surface area contributed by atoms with E-state index in [4.69, 9.17) is 4.98 Å². The van der Waals surface area contributed by atoms with Gasteiger partial charge in [-0.1, -0.05) is 18.2 Å². The summed E-state index contributed by atoms with van der Waals surface area (Å²) in [4.78, 5) is 19.9. The minimum atomic E-state index is 0.0806. The number of carbonyl (C=O) groups is 1. The van der Waals surface area contributed by atoms with Gasteiger partial charge in [0.05, 0.1) is 0 Å². The lowest BCUT2D eigenvalue weighted by atomic mass is 9.48. The zero-order chi connectivity index (χ0) is 18.4. The molecule has 27 heavy (non-hydrogen) atoms. The molecular weight excluding hydrogens is 332 g/mol. The van der Waals surface area contributed by atoms with Gasteiger partial charge in [0.1, 0.15) is 0 Å². The molecule has 0 saturated heterocycles. The first-order valence-electron chi connectivity index (χ1n) is 10.5. The van der Waals surface area contributed by atoms with Crippen molar-refractivity contribution >= 4 is 11.6 Å². The SMILES string of the molecule is CCN(C(=O)c1ccnc(C23CC4CC(CC(C4)C2)C3)c1)c1ccccc1. The Kier molecular flexibility index (Phi) is 4.07. The third kappa shape index (κ3) is 2.88. The van der Waals surface area contributed by atoms with Gasteiger partial charge in [-0.3, -0.25) is 9.78 Å². The van der Waals surface area contributed by atoms with E-state index in [0.717, 1.165) is 29.0 Å². The van der Waals surface area contributed by atoms with Crippen molar-refractivity contribution in [3.05, 3.63) is 59.9 Å². The van der Waals surface area contributed by atoms with E-state index in [1.165, 1.54) is 44.2 Å². The van der Waals surface area contributed by atoms with E-state index in [2.05, 4.69) is 6.07 Å². The van der Waals surface area contributed by atoms with E-state index in [1.807, 2.05) is 54.4 Å². The van der Waals surface area contributed by atoms with Crippen LogP contribution in [0.5, 0.6) is 0 Å². The normalized spacial score (nSPS) is 31.1. The van der Waals surface area contributed by atoms with Crippen molar-refractivity contribution in [3.63, 3.8) is 0 Å². The highest BCUT2D eigenvalue weighted by molar-refractivity contribution is 6.06. The highest BCUT2D eigenvalue weighted by atomic mass is 16.2. The molecular formula is C24H28N2O. The number of pyridine rings is 1. The van der Waals surface area contributed by atoms with Gasteiger partial charge in [-0.2, -0.15) is 0 Å². The molecule has 4 fully saturated rings. The first-order chi connectivity index (χ1) is 13.2. The average molecular weight is 361 g/mol. The molecule has 0 aliphatic heterocycles. The molecule has 4 aliphatic rings. The fourth-order valence-electron chi connectivity index (χ4n) is 6.49. The van der Waals surface area contributed by atoms with E-state index in [0.29, 0.717) is 6.54 Å². The summed E-state index contributed by atoms with van der Waals surface area (Å²) in [5, 5.41) is 0. The van der Waals surface area contributed by atoms with E-state index in [-0.39, 0.29) is 11.3 Å². The quantitative estimate of drug-likeness (QED) is 0.749. The molecule has 1 amide bonds. The van der Waals surface area contributed by atoms with Crippen LogP contribution in [0.3, 0.4) is 0 Å². The molecule has 0 unspecified atom stereocenters. The van der Waals surface area contributed by atoms with Crippen LogP contribution in [0, 0.1) is 17.8 Å². The monoisotopic (exact) mass is 360 g/mol. The molecule has 1 heterocycles. The summed E-state index contributed by atoms with van der Waals surface area (Å²) in [6.45, 7) is 2.70. The molecule has 4 saturated carbocycles. The minimum absolute atomic E-state index is 0.0806. The van der Waals surface area contributed by atoms with Gasteiger partial charge in [0.2, 0.25) is 0 Å². The van der Waals surface area contributed by atoms with Gasteiger partial charge < -0.3 is 4.90 Å². The lowest BCUT2D eigenvalue weighted by molar-refractivity contribution is -0.00721. The lowest BCUT2D eigenvalue weighted by Crippen LogP contribution is -2.49. The maximum absolute atomic E-state index is 13.3. The number of nitrogens with zero attached hydrogens (tertiary/aromatic N) is 2. The highest BCUT2D eigenvalue weighted by Crippen LogP contribution is 2.60. The van der Waals surface area contributed by atoms with Crippen LogP contribution in [0.4, 0.5) is 5.69 Å². The summed E-state index contributed by atoms with van der Waals surface area (Å²) in [6.07, 6.45) is 9.97. The third-order valence-electron chi connectivity index (χ3n) is 7.22. The number of rotatable bonds is 4. The minimum Gasteiger partial charge on any atom is -0.309 e. The molecule has 0 atom stereocenters. The summed E-state index contributed by atoms with van der Waals surface area (Å²) in [5.41, 5.74) is 3.14. The van der Waals surface area contributed by atoms with Gasteiger partial charge in [-0.05, 0) is 87.5 Å². The topological polar surface area (TPSA) is 33.2 Å². The van der Waals surface area contributed by atoms with Crippen LogP contribution in [0.2, 0.25) is 0 Å². The summed E-state index contributed by atoms with van der Waals surface area (Å²) in [5.74, 6) is 2.73. The number of benzene rings is 1. The number of aromatic nitrogens is 1. The molecule has 1 aromatic heterocycles. The van der Waals surface area contributed by atoms with Crippen LogP contribution in [-0.2, 0) is 5.41 Å². The van der Waals surface area contributed by atoms with Crippen molar-refractivity contribution in [2.75, 3.05) is 11.4 Å². The summed E-state index contributed by atoms with van der Waals surface area (Å²) < 4.78 is 0. The number of anilines is 1. The molecule has 3 nitrogen and oxygen atoms in total. The Morgan fingerprint density at radius 1 is 1.04 bits per heavy atom. The Morgan fingerprint density at radius 3 is 2.26 bits per heavy atom. The summed E-state index contributed by atoms with van der Waals surface area (Å²) >= 11 is 0. The second-order valence-corrected chi connectivity index (χ2v) is 9.01. The van der Waals surface area contributed by atoms with Crippen molar-refractivity contribution in [1.29, 1.82) is 0 Å².